The molecule has 0 unspecified atom stereocenters. The van der Waals surface area contributed by atoms with Crippen molar-refractivity contribution in [2.45, 2.75) is 51.9 Å². The number of anilines is 1. The minimum Gasteiger partial charge on any atom is -0.356 e. The number of Topliss-reactive ketones (excluding diaryl/α,β-unsaturated/α-hetero) is 1. The van der Waals surface area contributed by atoms with Gasteiger partial charge >= 0.3 is 0 Å². The lowest BCUT2D eigenvalue weighted by Gasteiger charge is -2.20. The fraction of sp³-hybridized carbons (Fsp3) is 0.588. The highest BCUT2D eigenvalue weighted by molar-refractivity contribution is 7.19. The molecule has 0 aromatic carbocycles. The molecule has 0 atom stereocenters. The van der Waals surface area contributed by atoms with Crippen LogP contribution in [0, 0.1) is 0 Å². The monoisotopic (exact) mass is 315 g/mol. The first-order valence-electron chi connectivity index (χ1n) is 8.28. The lowest BCUT2D eigenvalue weighted by atomic mass is 9.97. The van der Waals surface area contributed by atoms with Crippen molar-refractivity contribution < 1.29 is 4.79 Å². The van der Waals surface area contributed by atoms with Crippen LogP contribution in [-0.2, 0) is 24.1 Å². The molecule has 116 valence electrons. The first-order valence-corrected chi connectivity index (χ1v) is 9.09. The zero-order chi connectivity index (χ0) is 15.1. The van der Waals surface area contributed by atoms with E-state index in [0.717, 1.165) is 30.2 Å². The molecule has 0 radical (unpaired) electrons. The van der Waals surface area contributed by atoms with Crippen LogP contribution in [0.2, 0.25) is 0 Å². The number of aromatic nitrogens is 2. The van der Waals surface area contributed by atoms with Gasteiger partial charge in [-0.3, -0.25) is 4.79 Å². The van der Waals surface area contributed by atoms with Crippen molar-refractivity contribution >= 4 is 33.2 Å². The molecule has 4 rings (SSSR count). The van der Waals surface area contributed by atoms with E-state index in [4.69, 9.17) is 9.97 Å². The Labute approximate surface area is 134 Å². The second kappa shape index (κ2) is 5.61. The number of nitrogens with zero attached hydrogens (tertiary/aromatic N) is 3. The normalized spacial score (nSPS) is 18.0. The van der Waals surface area contributed by atoms with Gasteiger partial charge in [-0.2, -0.15) is 0 Å². The van der Waals surface area contributed by atoms with Gasteiger partial charge in [-0.15, -0.1) is 11.3 Å². The van der Waals surface area contributed by atoms with Crippen LogP contribution in [0.3, 0.4) is 0 Å². The van der Waals surface area contributed by atoms with Crippen molar-refractivity contribution in [1.29, 1.82) is 0 Å². The summed E-state index contributed by atoms with van der Waals surface area (Å²) in [5.74, 6) is 1.92. The van der Waals surface area contributed by atoms with Crippen LogP contribution in [0.15, 0.2) is 0 Å². The van der Waals surface area contributed by atoms with Gasteiger partial charge in [-0.05, 0) is 51.0 Å². The summed E-state index contributed by atoms with van der Waals surface area (Å²) >= 11 is 1.82. The van der Waals surface area contributed by atoms with E-state index in [1.165, 1.54) is 47.9 Å². The summed E-state index contributed by atoms with van der Waals surface area (Å²) in [6.45, 7) is 3.77. The molecular weight excluding hydrogens is 294 g/mol. The molecule has 4 nitrogen and oxygen atoms in total. The van der Waals surface area contributed by atoms with Crippen LogP contribution in [0.1, 0.15) is 48.9 Å². The first kappa shape index (κ1) is 14.1. The maximum Gasteiger partial charge on any atom is 0.141 e. The summed E-state index contributed by atoms with van der Waals surface area (Å²) in [5.41, 5.74) is 1.49. The minimum absolute atomic E-state index is 0.132. The van der Waals surface area contributed by atoms with Crippen LogP contribution in [-0.4, -0.2) is 28.8 Å². The largest absolute Gasteiger partial charge is 0.356 e. The Bertz CT molecular complexity index is 731. The highest BCUT2D eigenvalue weighted by Crippen LogP contribution is 2.40. The van der Waals surface area contributed by atoms with Crippen molar-refractivity contribution in [1.82, 2.24) is 9.97 Å². The Morgan fingerprint density at radius 1 is 1.14 bits per heavy atom. The van der Waals surface area contributed by atoms with E-state index in [2.05, 4.69) is 4.90 Å². The zero-order valence-electron chi connectivity index (χ0n) is 13.0. The summed E-state index contributed by atoms with van der Waals surface area (Å²) in [6.07, 6.45) is 7.71. The highest BCUT2D eigenvalue weighted by atomic mass is 32.1. The summed E-state index contributed by atoms with van der Waals surface area (Å²) < 4.78 is 0. The molecule has 0 bridgehead atoms. The van der Waals surface area contributed by atoms with Gasteiger partial charge in [-0.25, -0.2) is 9.97 Å². The first-order chi connectivity index (χ1) is 10.7. The maximum atomic E-state index is 11.5. The van der Waals surface area contributed by atoms with Gasteiger partial charge in [0, 0.05) is 18.0 Å². The predicted molar refractivity (Wildman–Crippen MR) is 89.9 cm³/mol. The molecule has 0 amide bonds. The maximum absolute atomic E-state index is 11.5. The average molecular weight is 315 g/mol. The Hall–Kier alpha value is -1.49. The Morgan fingerprint density at radius 3 is 2.68 bits per heavy atom. The lowest BCUT2D eigenvalue weighted by molar-refractivity contribution is -0.116. The van der Waals surface area contributed by atoms with E-state index in [-0.39, 0.29) is 5.78 Å². The van der Waals surface area contributed by atoms with Gasteiger partial charge < -0.3 is 4.90 Å². The number of hydrogen-bond acceptors (Lipinski definition) is 5. The van der Waals surface area contributed by atoms with E-state index >= 15 is 0 Å². The van der Waals surface area contributed by atoms with Crippen LogP contribution in [0.25, 0.3) is 10.2 Å². The van der Waals surface area contributed by atoms with Crippen molar-refractivity contribution in [3.05, 3.63) is 16.3 Å². The number of aryl methyl sites for hydroxylation is 2. The van der Waals surface area contributed by atoms with Crippen molar-refractivity contribution in [2.24, 2.45) is 0 Å². The number of fused-ring (bicyclic) bond motifs is 3. The predicted octanol–water partition coefficient (Wildman–Crippen LogP) is 3.30. The van der Waals surface area contributed by atoms with Crippen LogP contribution in [0.4, 0.5) is 5.82 Å². The minimum atomic E-state index is 0.132. The van der Waals surface area contributed by atoms with E-state index in [1.807, 2.05) is 11.3 Å². The standard InChI is InChI=1S/C17H21N3OS/c1-11(21)10-14-18-16(20-8-4-5-9-20)15-12-6-2-3-7-13(12)22-17(15)19-14/h2-10H2,1H3. The number of hydrogen-bond donors (Lipinski definition) is 0. The fourth-order valence-electron chi connectivity index (χ4n) is 3.64. The van der Waals surface area contributed by atoms with Gasteiger partial charge in [0.2, 0.25) is 0 Å². The van der Waals surface area contributed by atoms with E-state index in [9.17, 15) is 4.79 Å². The van der Waals surface area contributed by atoms with Gasteiger partial charge in [0.05, 0.1) is 11.8 Å². The third-order valence-electron chi connectivity index (χ3n) is 4.65. The molecule has 2 aromatic heterocycles. The average Bonchev–Trinajstić information content (AvgIpc) is 3.13. The second-order valence-corrected chi connectivity index (χ2v) is 7.51. The van der Waals surface area contributed by atoms with Crippen LogP contribution < -0.4 is 4.90 Å². The van der Waals surface area contributed by atoms with Gasteiger partial charge in [0.1, 0.15) is 22.3 Å². The third kappa shape index (κ3) is 2.41. The molecule has 3 heterocycles. The van der Waals surface area contributed by atoms with Crippen molar-refractivity contribution in [2.75, 3.05) is 18.0 Å². The number of thiophene rings is 1. The Kier molecular flexibility index (Phi) is 3.60. The second-order valence-electron chi connectivity index (χ2n) is 6.43. The number of carbonyl (C=O) groups excluding carboxylic acids is 1. The quantitative estimate of drug-likeness (QED) is 0.872. The fourth-order valence-corrected chi connectivity index (χ4v) is 4.92. The molecule has 0 saturated carbocycles. The van der Waals surface area contributed by atoms with E-state index in [0.29, 0.717) is 12.2 Å². The van der Waals surface area contributed by atoms with Gasteiger partial charge in [0.15, 0.2) is 0 Å². The SMILES string of the molecule is CC(=O)Cc1nc(N2CCCC2)c2c3c(sc2n1)CCCC3. The third-order valence-corrected chi connectivity index (χ3v) is 5.84. The molecule has 1 saturated heterocycles. The summed E-state index contributed by atoms with van der Waals surface area (Å²) in [7, 11) is 0. The summed E-state index contributed by atoms with van der Waals surface area (Å²) in [5, 5.41) is 1.29. The van der Waals surface area contributed by atoms with Crippen molar-refractivity contribution in [3.8, 4) is 0 Å². The van der Waals surface area contributed by atoms with Gasteiger partial charge in [-0.1, -0.05) is 0 Å². The Balaban J connectivity index is 1.90. The number of carbonyl (C=O) groups is 1. The van der Waals surface area contributed by atoms with Gasteiger partial charge in [0.25, 0.3) is 0 Å². The molecule has 22 heavy (non-hydrogen) atoms. The molecule has 5 heteroatoms. The lowest BCUT2D eigenvalue weighted by Crippen LogP contribution is -2.21. The van der Waals surface area contributed by atoms with Crippen LogP contribution in [0.5, 0.6) is 0 Å². The van der Waals surface area contributed by atoms with E-state index in [1.54, 1.807) is 6.92 Å². The number of rotatable bonds is 3. The van der Waals surface area contributed by atoms with Crippen molar-refractivity contribution in [3.63, 3.8) is 0 Å². The Morgan fingerprint density at radius 2 is 1.91 bits per heavy atom. The topological polar surface area (TPSA) is 46.1 Å². The summed E-state index contributed by atoms with van der Waals surface area (Å²) in [6, 6.07) is 0. The molecule has 1 aliphatic heterocycles. The number of ketones is 1. The molecule has 0 spiro atoms. The molecule has 1 aliphatic carbocycles. The summed E-state index contributed by atoms with van der Waals surface area (Å²) in [4.78, 5) is 26.0. The molecular formula is C17H21N3OS. The molecule has 1 fully saturated rings. The molecule has 2 aliphatic rings. The van der Waals surface area contributed by atoms with Crippen LogP contribution >= 0.6 is 11.3 Å². The van der Waals surface area contributed by atoms with E-state index < -0.39 is 0 Å². The zero-order valence-corrected chi connectivity index (χ0v) is 13.8. The molecule has 0 N–H and O–H groups in total. The highest BCUT2D eigenvalue weighted by Gasteiger charge is 2.25. The molecule has 2 aromatic rings. The smallest absolute Gasteiger partial charge is 0.141 e.